The van der Waals surface area contributed by atoms with Crippen molar-refractivity contribution in [1.82, 2.24) is 0 Å². The second kappa shape index (κ2) is 12.4. The van der Waals surface area contributed by atoms with Crippen LogP contribution in [0.2, 0.25) is 0 Å². The Labute approximate surface area is 143 Å². The smallest absolute Gasteiger partial charge is 0.329 e. The molecule has 0 aliphatic heterocycles. The predicted molar refractivity (Wildman–Crippen MR) is 96.5 cm³/mol. The van der Waals surface area contributed by atoms with E-state index in [9.17, 15) is 9.46 Å². The van der Waals surface area contributed by atoms with E-state index in [0.29, 0.717) is 11.0 Å². The Kier molecular flexibility index (Phi) is 12.5. The van der Waals surface area contributed by atoms with Crippen LogP contribution in [-0.2, 0) is 13.6 Å². The van der Waals surface area contributed by atoms with E-state index in [4.69, 9.17) is 9.05 Å². The summed E-state index contributed by atoms with van der Waals surface area (Å²) >= 11 is 0. The lowest BCUT2D eigenvalue weighted by molar-refractivity contribution is -0.870. The van der Waals surface area contributed by atoms with Crippen LogP contribution in [0.5, 0.6) is 0 Å². The summed E-state index contributed by atoms with van der Waals surface area (Å²) in [5.41, 5.74) is 0. The quantitative estimate of drug-likeness (QED) is 0.263. The number of unbranched alkanes of at least 4 members (excludes halogenated alkanes) is 7. The lowest BCUT2D eigenvalue weighted by Crippen LogP contribution is -2.37. The molecular weight excluding hydrogens is 313 g/mol. The summed E-state index contributed by atoms with van der Waals surface area (Å²) in [7, 11) is 2.12. The minimum atomic E-state index is -3.92. The number of hydrogen-bond donors (Lipinski definition) is 1. The number of phosphoric acid groups is 1. The summed E-state index contributed by atoms with van der Waals surface area (Å²) in [6, 6.07) is 0. The van der Waals surface area contributed by atoms with Gasteiger partial charge in [-0.3, -0.25) is 9.05 Å². The highest BCUT2D eigenvalue weighted by Crippen LogP contribution is 2.45. The van der Waals surface area contributed by atoms with E-state index < -0.39 is 7.82 Å². The number of rotatable bonds is 15. The number of quaternary nitrogens is 1. The third-order valence-electron chi connectivity index (χ3n) is 3.79. The Morgan fingerprint density at radius 2 is 1.52 bits per heavy atom. The molecule has 6 heteroatoms. The fraction of sp³-hybridized carbons (Fsp3) is 1.00. The highest BCUT2D eigenvalue weighted by Gasteiger charge is 2.25. The van der Waals surface area contributed by atoms with Crippen LogP contribution in [0, 0.1) is 0 Å². The Morgan fingerprint density at radius 1 is 1.00 bits per heavy atom. The van der Waals surface area contributed by atoms with Gasteiger partial charge in [-0.15, -0.1) is 0 Å². The van der Waals surface area contributed by atoms with Crippen molar-refractivity contribution >= 4 is 7.82 Å². The highest BCUT2D eigenvalue weighted by molar-refractivity contribution is 7.47. The van der Waals surface area contributed by atoms with Crippen molar-refractivity contribution in [3.8, 4) is 0 Å². The first kappa shape index (κ1) is 23.1. The maximum absolute atomic E-state index is 11.8. The maximum atomic E-state index is 11.8. The highest BCUT2D eigenvalue weighted by atomic mass is 31.2. The van der Waals surface area contributed by atoms with Crippen LogP contribution in [0.3, 0.4) is 0 Å². The third-order valence-corrected chi connectivity index (χ3v) is 4.93. The van der Waals surface area contributed by atoms with Crippen LogP contribution in [0.15, 0.2) is 0 Å². The average molecular weight is 352 g/mol. The van der Waals surface area contributed by atoms with Crippen molar-refractivity contribution in [3.63, 3.8) is 0 Å². The van der Waals surface area contributed by atoms with E-state index >= 15 is 0 Å². The molecule has 0 rings (SSSR count). The molecule has 2 atom stereocenters. The number of likely N-dealkylation sites (N-methyl/N-ethyl adjacent to an activating group) is 1. The predicted octanol–water partition coefficient (Wildman–Crippen LogP) is 4.75. The average Bonchev–Trinajstić information content (AvgIpc) is 2.39. The Balaban J connectivity index is 3.67. The van der Waals surface area contributed by atoms with Gasteiger partial charge < -0.3 is 9.38 Å². The van der Waals surface area contributed by atoms with Gasteiger partial charge in [-0.05, 0) is 13.3 Å². The summed E-state index contributed by atoms with van der Waals surface area (Å²) in [4.78, 5) is 9.71. The van der Waals surface area contributed by atoms with Crippen molar-refractivity contribution in [2.24, 2.45) is 0 Å². The molecule has 0 heterocycles. The van der Waals surface area contributed by atoms with Gasteiger partial charge in [0, 0.05) is 0 Å². The zero-order chi connectivity index (χ0) is 17.8. The molecule has 0 fully saturated rings. The molecule has 0 aromatic heterocycles. The zero-order valence-corrected chi connectivity index (χ0v) is 16.8. The first-order valence-corrected chi connectivity index (χ1v) is 10.6. The van der Waals surface area contributed by atoms with Gasteiger partial charge in [-0.1, -0.05) is 58.3 Å². The molecule has 140 valence electrons. The third kappa shape index (κ3) is 16.7. The fourth-order valence-electron chi connectivity index (χ4n) is 2.31. The largest absolute Gasteiger partial charge is 0.472 e. The van der Waals surface area contributed by atoms with Crippen molar-refractivity contribution < 1.29 is 23.0 Å². The van der Waals surface area contributed by atoms with Crippen LogP contribution < -0.4 is 0 Å². The van der Waals surface area contributed by atoms with Gasteiger partial charge in [0.2, 0.25) is 0 Å². The normalized spacial score (nSPS) is 16.3. The number of phosphoric ester groups is 1. The van der Waals surface area contributed by atoms with E-state index in [1.807, 2.05) is 28.1 Å². The van der Waals surface area contributed by atoms with Crippen LogP contribution in [0.1, 0.15) is 71.6 Å². The molecular formula is C17H39NO4P+. The van der Waals surface area contributed by atoms with Gasteiger partial charge in [0.25, 0.3) is 0 Å². The van der Waals surface area contributed by atoms with E-state index in [2.05, 4.69) is 6.92 Å². The second-order valence-corrected chi connectivity index (χ2v) is 8.90. The van der Waals surface area contributed by atoms with E-state index in [-0.39, 0.29) is 12.7 Å². The zero-order valence-electron chi connectivity index (χ0n) is 15.9. The molecule has 0 radical (unpaired) electrons. The summed E-state index contributed by atoms with van der Waals surface area (Å²) in [5.74, 6) is 0. The van der Waals surface area contributed by atoms with Gasteiger partial charge >= 0.3 is 7.82 Å². The SMILES string of the molecule is CCCCCCCCCCC(C)OP(=O)(O)OCC[N+](C)(C)C. The summed E-state index contributed by atoms with van der Waals surface area (Å²) < 4.78 is 22.8. The molecule has 0 bridgehead atoms. The summed E-state index contributed by atoms with van der Waals surface area (Å²) in [6.07, 6.45) is 10.6. The first-order chi connectivity index (χ1) is 10.7. The van der Waals surface area contributed by atoms with Gasteiger partial charge in [-0.2, -0.15) is 0 Å². The van der Waals surface area contributed by atoms with Gasteiger partial charge in [0.05, 0.1) is 27.2 Å². The molecule has 0 aromatic carbocycles. The van der Waals surface area contributed by atoms with Gasteiger partial charge in [-0.25, -0.2) is 4.57 Å². The monoisotopic (exact) mass is 352 g/mol. The molecule has 1 N–H and O–H groups in total. The molecule has 0 saturated carbocycles. The molecule has 23 heavy (non-hydrogen) atoms. The van der Waals surface area contributed by atoms with Crippen LogP contribution in [0.4, 0.5) is 0 Å². The lowest BCUT2D eigenvalue weighted by atomic mass is 10.1. The number of nitrogens with zero attached hydrogens (tertiary/aromatic N) is 1. The molecule has 0 aliphatic rings. The molecule has 2 unspecified atom stereocenters. The number of hydrogen-bond acceptors (Lipinski definition) is 3. The summed E-state index contributed by atoms with van der Waals surface area (Å²) in [6.45, 7) is 4.96. The Bertz CT molecular complexity index is 331. The van der Waals surface area contributed by atoms with E-state index in [1.165, 1.54) is 38.5 Å². The van der Waals surface area contributed by atoms with Gasteiger partial charge in [0.15, 0.2) is 0 Å². The van der Waals surface area contributed by atoms with E-state index in [0.717, 1.165) is 19.3 Å². The van der Waals surface area contributed by atoms with Crippen LogP contribution in [-0.4, -0.2) is 49.8 Å². The van der Waals surface area contributed by atoms with Crippen molar-refractivity contribution in [1.29, 1.82) is 0 Å². The minimum Gasteiger partial charge on any atom is -0.329 e. The molecule has 0 spiro atoms. The molecule has 5 nitrogen and oxygen atoms in total. The standard InChI is InChI=1S/C17H38NO4P/c1-6-7-8-9-10-11-12-13-14-17(2)22-23(19,20)21-16-15-18(3,4)5/h17H,6-16H2,1-5H3/p+1. The van der Waals surface area contributed by atoms with Crippen molar-refractivity contribution in [3.05, 3.63) is 0 Å². The van der Waals surface area contributed by atoms with Crippen LogP contribution in [0.25, 0.3) is 0 Å². The molecule has 0 saturated heterocycles. The second-order valence-electron chi connectivity index (χ2n) is 7.50. The summed E-state index contributed by atoms with van der Waals surface area (Å²) in [5, 5.41) is 0. The minimum absolute atomic E-state index is 0.224. The maximum Gasteiger partial charge on any atom is 0.472 e. The Hall–Kier alpha value is 0.0700. The lowest BCUT2D eigenvalue weighted by Gasteiger charge is -2.24. The fourth-order valence-corrected chi connectivity index (χ4v) is 3.24. The molecule has 0 aromatic rings. The van der Waals surface area contributed by atoms with Crippen LogP contribution >= 0.6 is 7.82 Å². The van der Waals surface area contributed by atoms with Crippen molar-refractivity contribution in [2.75, 3.05) is 34.3 Å². The molecule has 0 aliphatic carbocycles. The Morgan fingerprint density at radius 3 is 2.04 bits per heavy atom. The van der Waals surface area contributed by atoms with E-state index in [1.54, 1.807) is 0 Å². The van der Waals surface area contributed by atoms with Gasteiger partial charge in [0.1, 0.15) is 13.2 Å². The first-order valence-electron chi connectivity index (χ1n) is 9.12. The van der Waals surface area contributed by atoms with Crippen molar-refractivity contribution in [2.45, 2.75) is 77.7 Å². The molecule has 0 amide bonds. The topological polar surface area (TPSA) is 55.8 Å².